The number of terminal acetylenes is 1. The summed E-state index contributed by atoms with van der Waals surface area (Å²) < 4.78 is 8.26. The summed E-state index contributed by atoms with van der Waals surface area (Å²) in [5.74, 6) is 3.40. The predicted octanol–water partition coefficient (Wildman–Crippen LogP) is 1.23. The molecular weight excluding hydrogens is 300 g/mol. The van der Waals surface area contributed by atoms with Crippen LogP contribution in [0.25, 0.3) is 0 Å². The smallest absolute Gasteiger partial charge is 0.383 e. The maximum Gasteiger partial charge on any atom is 0.392 e. The van der Waals surface area contributed by atoms with Gasteiger partial charge in [0.25, 0.3) is 0 Å². The van der Waals surface area contributed by atoms with E-state index in [0.717, 1.165) is 6.92 Å². The highest BCUT2D eigenvalue weighted by Gasteiger charge is 2.02. The highest BCUT2D eigenvalue weighted by atomic mass is 16.6. The fourth-order valence-corrected chi connectivity index (χ4v) is 1.01. The lowest BCUT2D eigenvalue weighted by molar-refractivity contribution is -0.156. The second kappa shape index (κ2) is 11.3. The fraction of sp³-hybridized carbons (Fsp3) is 0.176. The lowest BCUT2D eigenvalue weighted by Gasteiger charge is -1.91. The second-order valence-electron chi connectivity index (χ2n) is 3.76. The standard InChI is InChI=1S/C11H8O3.C6H6O3/c1-9(12)14-11(13)8-7-10-5-3-2-4-6-10;1-3-5(7)9-6(8)4-2/h2-6H,1H3;1H,4H2,2H3. The molecule has 0 saturated carbocycles. The van der Waals surface area contributed by atoms with Crippen molar-refractivity contribution in [3.05, 3.63) is 35.9 Å². The molecule has 0 heterocycles. The van der Waals surface area contributed by atoms with E-state index >= 15 is 0 Å². The van der Waals surface area contributed by atoms with Crippen LogP contribution in [-0.2, 0) is 28.7 Å². The zero-order valence-electron chi connectivity index (χ0n) is 12.6. The summed E-state index contributed by atoms with van der Waals surface area (Å²) in [6, 6.07) is 8.97. The minimum Gasteiger partial charge on any atom is -0.383 e. The van der Waals surface area contributed by atoms with Crippen LogP contribution in [0.4, 0.5) is 0 Å². The van der Waals surface area contributed by atoms with Crippen LogP contribution in [0.15, 0.2) is 30.3 Å². The molecular formula is C17H14O6. The van der Waals surface area contributed by atoms with Gasteiger partial charge in [0.05, 0.1) is 0 Å². The summed E-state index contributed by atoms with van der Waals surface area (Å²) in [7, 11) is 0. The normalized spacial score (nSPS) is 8.04. The number of carbonyl (C=O) groups is 4. The minimum absolute atomic E-state index is 0.160. The molecule has 6 nitrogen and oxygen atoms in total. The van der Waals surface area contributed by atoms with Crippen LogP contribution in [0.2, 0.25) is 0 Å². The predicted molar refractivity (Wildman–Crippen MR) is 80.3 cm³/mol. The molecule has 0 bridgehead atoms. The maximum atomic E-state index is 10.8. The summed E-state index contributed by atoms with van der Waals surface area (Å²) in [4.78, 5) is 41.5. The number of esters is 4. The largest absolute Gasteiger partial charge is 0.392 e. The first-order valence-corrected chi connectivity index (χ1v) is 6.39. The molecule has 1 aromatic carbocycles. The quantitative estimate of drug-likeness (QED) is 0.335. The van der Waals surface area contributed by atoms with E-state index in [1.165, 1.54) is 0 Å². The molecule has 118 valence electrons. The topological polar surface area (TPSA) is 86.7 Å². The van der Waals surface area contributed by atoms with Crippen molar-refractivity contribution in [3.63, 3.8) is 0 Å². The highest BCUT2D eigenvalue weighted by molar-refractivity contribution is 5.96. The van der Waals surface area contributed by atoms with Crippen molar-refractivity contribution >= 4 is 23.9 Å². The van der Waals surface area contributed by atoms with Gasteiger partial charge >= 0.3 is 23.9 Å². The van der Waals surface area contributed by atoms with Crippen molar-refractivity contribution in [3.8, 4) is 24.2 Å². The molecule has 0 aliphatic heterocycles. The Hall–Kier alpha value is -3.38. The van der Waals surface area contributed by atoms with E-state index in [1.54, 1.807) is 37.1 Å². The Morgan fingerprint density at radius 2 is 1.65 bits per heavy atom. The molecule has 0 aromatic heterocycles. The number of ether oxygens (including phenoxy) is 2. The van der Waals surface area contributed by atoms with Crippen molar-refractivity contribution < 1.29 is 28.7 Å². The zero-order valence-corrected chi connectivity index (χ0v) is 12.6. The van der Waals surface area contributed by atoms with Gasteiger partial charge in [0, 0.05) is 30.7 Å². The number of rotatable bonds is 1. The third-order valence-electron chi connectivity index (χ3n) is 1.93. The van der Waals surface area contributed by atoms with Crippen LogP contribution < -0.4 is 0 Å². The molecule has 0 aliphatic rings. The van der Waals surface area contributed by atoms with Crippen molar-refractivity contribution in [2.45, 2.75) is 20.3 Å². The Kier molecular flexibility index (Phi) is 9.64. The molecule has 0 atom stereocenters. The molecule has 0 aliphatic carbocycles. The van der Waals surface area contributed by atoms with Gasteiger partial charge in [0.15, 0.2) is 0 Å². The second-order valence-corrected chi connectivity index (χ2v) is 3.76. The van der Waals surface area contributed by atoms with Crippen molar-refractivity contribution in [1.82, 2.24) is 0 Å². The van der Waals surface area contributed by atoms with Gasteiger partial charge < -0.3 is 9.47 Å². The Bertz CT molecular complexity index is 671. The molecule has 0 spiro atoms. The summed E-state index contributed by atoms with van der Waals surface area (Å²) in [6.07, 6.45) is 4.76. The average molecular weight is 314 g/mol. The molecule has 1 aromatic rings. The molecule has 0 unspecified atom stereocenters. The Morgan fingerprint density at radius 1 is 1.04 bits per heavy atom. The third-order valence-corrected chi connectivity index (χ3v) is 1.93. The van der Waals surface area contributed by atoms with Gasteiger partial charge in [0.2, 0.25) is 0 Å². The highest BCUT2D eigenvalue weighted by Crippen LogP contribution is 1.94. The number of hydrogen-bond acceptors (Lipinski definition) is 6. The molecule has 0 radical (unpaired) electrons. The minimum atomic E-state index is -0.929. The van der Waals surface area contributed by atoms with Crippen molar-refractivity contribution in [1.29, 1.82) is 0 Å². The van der Waals surface area contributed by atoms with E-state index in [9.17, 15) is 19.2 Å². The van der Waals surface area contributed by atoms with Gasteiger partial charge in [-0.1, -0.05) is 31.0 Å². The van der Waals surface area contributed by atoms with E-state index < -0.39 is 23.9 Å². The van der Waals surface area contributed by atoms with Crippen LogP contribution >= 0.6 is 0 Å². The first-order valence-electron chi connectivity index (χ1n) is 6.39. The van der Waals surface area contributed by atoms with Crippen molar-refractivity contribution in [2.24, 2.45) is 0 Å². The van der Waals surface area contributed by atoms with Crippen LogP contribution in [0, 0.1) is 24.2 Å². The van der Waals surface area contributed by atoms with Gasteiger partial charge in [-0.3, -0.25) is 9.59 Å². The van der Waals surface area contributed by atoms with Gasteiger partial charge in [-0.2, -0.15) is 0 Å². The van der Waals surface area contributed by atoms with Gasteiger partial charge in [-0.05, 0) is 12.1 Å². The Morgan fingerprint density at radius 3 is 2.13 bits per heavy atom. The maximum absolute atomic E-state index is 10.8. The SMILES string of the molecule is C#CC(=O)OC(=O)CC.CC(=O)OC(=O)C#Cc1ccccc1. The van der Waals surface area contributed by atoms with E-state index in [4.69, 9.17) is 0 Å². The zero-order chi connectivity index (χ0) is 17.7. The van der Waals surface area contributed by atoms with Crippen LogP contribution in [-0.4, -0.2) is 23.9 Å². The molecule has 23 heavy (non-hydrogen) atoms. The summed E-state index contributed by atoms with van der Waals surface area (Å²) >= 11 is 0. The van der Waals surface area contributed by atoms with E-state index in [1.807, 2.05) is 6.07 Å². The summed E-state index contributed by atoms with van der Waals surface area (Å²) in [5, 5.41) is 0. The van der Waals surface area contributed by atoms with E-state index in [-0.39, 0.29) is 6.42 Å². The first kappa shape index (κ1) is 19.6. The summed E-state index contributed by atoms with van der Waals surface area (Å²) in [6.45, 7) is 2.73. The van der Waals surface area contributed by atoms with Crippen molar-refractivity contribution in [2.75, 3.05) is 0 Å². The molecule has 0 amide bonds. The van der Waals surface area contributed by atoms with Gasteiger partial charge in [0.1, 0.15) is 0 Å². The fourth-order valence-electron chi connectivity index (χ4n) is 1.01. The lowest BCUT2D eigenvalue weighted by atomic mass is 10.2. The third kappa shape index (κ3) is 11.0. The Balaban J connectivity index is 0.000000468. The molecule has 0 saturated heterocycles. The van der Waals surface area contributed by atoms with Gasteiger partial charge in [-0.15, -0.1) is 6.42 Å². The summed E-state index contributed by atoms with van der Waals surface area (Å²) in [5.41, 5.74) is 0.702. The lowest BCUT2D eigenvalue weighted by Crippen LogP contribution is -2.08. The van der Waals surface area contributed by atoms with Crippen LogP contribution in [0.1, 0.15) is 25.8 Å². The molecule has 0 N–H and O–H groups in total. The molecule has 1 rings (SSSR count). The van der Waals surface area contributed by atoms with Crippen LogP contribution in [0.5, 0.6) is 0 Å². The first-order chi connectivity index (χ1) is 10.9. The number of hydrogen-bond donors (Lipinski definition) is 0. The Labute approximate surface area is 133 Å². The van der Waals surface area contributed by atoms with Crippen LogP contribution in [0.3, 0.4) is 0 Å². The van der Waals surface area contributed by atoms with E-state index in [2.05, 4.69) is 27.7 Å². The molecule has 0 fully saturated rings. The number of carbonyl (C=O) groups excluding carboxylic acids is 4. The average Bonchev–Trinajstić information content (AvgIpc) is 2.53. The number of benzene rings is 1. The van der Waals surface area contributed by atoms with E-state index in [0.29, 0.717) is 5.56 Å². The van der Waals surface area contributed by atoms with Gasteiger partial charge in [-0.25, -0.2) is 9.59 Å². The monoisotopic (exact) mass is 314 g/mol. The molecule has 6 heteroatoms.